The molecule has 106 valence electrons. The average Bonchev–Trinajstić information content (AvgIpc) is 2.74. The Bertz CT molecular complexity index is 379. The smallest absolute Gasteiger partial charge is 0.240 e. The summed E-state index contributed by atoms with van der Waals surface area (Å²) in [5.74, 6) is 2.27. The normalized spacial score (nSPS) is 23.4. The highest BCUT2D eigenvalue weighted by Gasteiger charge is 2.21. The minimum absolute atomic E-state index is 0.531. The fourth-order valence-electron chi connectivity index (χ4n) is 3.10. The van der Waals surface area contributed by atoms with Crippen LogP contribution in [0, 0.1) is 0 Å². The molecule has 5 nitrogen and oxygen atoms in total. The molecule has 2 heterocycles. The van der Waals surface area contributed by atoms with Crippen LogP contribution in [0.1, 0.15) is 56.2 Å². The van der Waals surface area contributed by atoms with Gasteiger partial charge in [-0.15, -0.1) is 0 Å². The van der Waals surface area contributed by atoms with Crippen LogP contribution in [0.5, 0.6) is 0 Å². The number of hydrogen-bond donors (Lipinski definition) is 1. The van der Waals surface area contributed by atoms with Crippen LogP contribution in [0.15, 0.2) is 4.52 Å². The van der Waals surface area contributed by atoms with E-state index < -0.39 is 0 Å². The molecule has 0 bridgehead atoms. The zero-order chi connectivity index (χ0) is 12.9. The topological polar surface area (TPSA) is 54.2 Å². The Morgan fingerprint density at radius 2 is 1.84 bits per heavy atom. The first-order chi connectivity index (χ1) is 9.42. The van der Waals surface area contributed by atoms with Gasteiger partial charge in [-0.3, -0.25) is 4.90 Å². The molecule has 0 atom stereocenters. The molecular weight excluding hydrogens is 240 g/mol. The summed E-state index contributed by atoms with van der Waals surface area (Å²) in [5, 5.41) is 7.57. The summed E-state index contributed by atoms with van der Waals surface area (Å²) in [5.41, 5.74) is 0. The van der Waals surface area contributed by atoms with Crippen LogP contribution in [0.2, 0.25) is 0 Å². The molecule has 1 aromatic heterocycles. The average molecular weight is 264 g/mol. The van der Waals surface area contributed by atoms with Gasteiger partial charge in [-0.2, -0.15) is 4.98 Å². The van der Waals surface area contributed by atoms with Gasteiger partial charge in [0.1, 0.15) is 0 Å². The van der Waals surface area contributed by atoms with E-state index in [0.717, 1.165) is 44.4 Å². The van der Waals surface area contributed by atoms with Crippen molar-refractivity contribution in [1.82, 2.24) is 20.4 Å². The lowest BCUT2D eigenvalue weighted by Gasteiger charge is -2.25. The second kappa shape index (κ2) is 6.48. The molecule has 1 aromatic rings. The number of aromatic nitrogens is 2. The molecule has 2 fully saturated rings. The van der Waals surface area contributed by atoms with Crippen molar-refractivity contribution in [3.05, 3.63) is 11.7 Å². The van der Waals surface area contributed by atoms with Gasteiger partial charge < -0.3 is 9.84 Å². The van der Waals surface area contributed by atoms with Crippen LogP contribution in [-0.4, -0.2) is 41.2 Å². The number of hydrogen-bond acceptors (Lipinski definition) is 5. The summed E-state index contributed by atoms with van der Waals surface area (Å²) >= 11 is 0. The predicted octanol–water partition coefficient (Wildman–Crippen LogP) is 1.91. The van der Waals surface area contributed by atoms with Crippen LogP contribution in [0.25, 0.3) is 0 Å². The maximum Gasteiger partial charge on any atom is 0.240 e. The van der Waals surface area contributed by atoms with Gasteiger partial charge in [0.2, 0.25) is 5.89 Å². The van der Waals surface area contributed by atoms with E-state index >= 15 is 0 Å². The Morgan fingerprint density at radius 1 is 1.11 bits per heavy atom. The molecule has 3 rings (SSSR count). The van der Waals surface area contributed by atoms with Crippen molar-refractivity contribution in [1.29, 1.82) is 0 Å². The fraction of sp³-hybridized carbons (Fsp3) is 0.857. The molecule has 0 amide bonds. The first kappa shape index (κ1) is 13.1. The molecule has 5 heteroatoms. The van der Waals surface area contributed by atoms with Gasteiger partial charge in [-0.1, -0.05) is 30.8 Å². The fourth-order valence-corrected chi connectivity index (χ4v) is 3.10. The van der Waals surface area contributed by atoms with E-state index in [1.54, 1.807) is 0 Å². The van der Waals surface area contributed by atoms with Crippen molar-refractivity contribution in [2.75, 3.05) is 26.2 Å². The molecule has 1 aliphatic heterocycles. The molecule has 1 saturated carbocycles. The summed E-state index contributed by atoms with van der Waals surface area (Å²) in [7, 11) is 0. The highest BCUT2D eigenvalue weighted by molar-refractivity contribution is 4.96. The zero-order valence-electron chi connectivity index (χ0n) is 11.6. The van der Waals surface area contributed by atoms with E-state index in [2.05, 4.69) is 20.4 Å². The van der Waals surface area contributed by atoms with Crippen molar-refractivity contribution >= 4 is 0 Å². The van der Waals surface area contributed by atoms with Gasteiger partial charge in [-0.25, -0.2) is 0 Å². The molecule has 0 spiro atoms. The molecule has 19 heavy (non-hydrogen) atoms. The maximum atomic E-state index is 5.44. The minimum Gasteiger partial charge on any atom is -0.338 e. The second-order valence-corrected chi connectivity index (χ2v) is 5.76. The number of piperazine rings is 1. The first-order valence-electron chi connectivity index (χ1n) is 7.67. The molecule has 0 aromatic carbocycles. The Balaban J connectivity index is 1.58. The Kier molecular flexibility index (Phi) is 4.45. The lowest BCUT2D eigenvalue weighted by atomic mass is 10.00. The monoisotopic (exact) mass is 264 g/mol. The van der Waals surface area contributed by atoms with Crippen molar-refractivity contribution in [2.24, 2.45) is 0 Å². The van der Waals surface area contributed by atoms with Crippen molar-refractivity contribution < 1.29 is 4.52 Å². The number of rotatable bonds is 3. The standard InChI is InChI=1S/C14H24N4O/c1-2-4-6-12(5-3-1)14-16-13(19-17-14)11-18-9-7-15-8-10-18/h12,15H,1-11H2. The first-order valence-corrected chi connectivity index (χ1v) is 7.67. The van der Waals surface area contributed by atoms with E-state index in [1.807, 2.05) is 0 Å². The molecule has 2 aliphatic rings. The Hall–Kier alpha value is -0.940. The third kappa shape index (κ3) is 3.54. The van der Waals surface area contributed by atoms with Gasteiger partial charge in [0, 0.05) is 32.1 Å². The zero-order valence-corrected chi connectivity index (χ0v) is 11.6. The van der Waals surface area contributed by atoms with Gasteiger partial charge in [0.15, 0.2) is 5.82 Å². The second-order valence-electron chi connectivity index (χ2n) is 5.76. The lowest BCUT2D eigenvalue weighted by molar-refractivity contribution is 0.203. The van der Waals surface area contributed by atoms with Crippen molar-refractivity contribution in [3.63, 3.8) is 0 Å². The Morgan fingerprint density at radius 3 is 2.58 bits per heavy atom. The Labute approximate surface area is 114 Å². The van der Waals surface area contributed by atoms with Gasteiger partial charge in [0.25, 0.3) is 0 Å². The van der Waals surface area contributed by atoms with Crippen molar-refractivity contribution in [2.45, 2.75) is 51.0 Å². The van der Waals surface area contributed by atoms with E-state index in [9.17, 15) is 0 Å². The van der Waals surface area contributed by atoms with Crippen LogP contribution in [0.4, 0.5) is 0 Å². The minimum atomic E-state index is 0.531. The molecule has 0 radical (unpaired) electrons. The summed E-state index contributed by atoms with van der Waals surface area (Å²) in [6, 6.07) is 0. The van der Waals surface area contributed by atoms with Crippen LogP contribution < -0.4 is 5.32 Å². The SMILES string of the molecule is C1CCCC(c2noc(CN3CCNCC3)n2)CC1. The molecule has 1 N–H and O–H groups in total. The molecule has 0 unspecified atom stereocenters. The quantitative estimate of drug-likeness (QED) is 0.845. The third-order valence-corrected chi connectivity index (χ3v) is 4.27. The third-order valence-electron chi connectivity index (χ3n) is 4.27. The maximum absolute atomic E-state index is 5.44. The predicted molar refractivity (Wildman–Crippen MR) is 72.9 cm³/mol. The van der Waals surface area contributed by atoms with Crippen molar-refractivity contribution in [3.8, 4) is 0 Å². The summed E-state index contributed by atoms with van der Waals surface area (Å²) in [6.45, 7) is 5.07. The highest BCUT2D eigenvalue weighted by Crippen LogP contribution is 2.29. The molecule has 1 saturated heterocycles. The van der Waals surface area contributed by atoms with Crippen LogP contribution >= 0.6 is 0 Å². The highest BCUT2D eigenvalue weighted by atomic mass is 16.5. The number of nitrogens with zero attached hydrogens (tertiary/aromatic N) is 3. The van der Waals surface area contributed by atoms with E-state index in [0.29, 0.717) is 5.92 Å². The van der Waals surface area contributed by atoms with Gasteiger partial charge >= 0.3 is 0 Å². The van der Waals surface area contributed by atoms with E-state index in [-0.39, 0.29) is 0 Å². The van der Waals surface area contributed by atoms with Crippen LogP contribution in [0.3, 0.4) is 0 Å². The van der Waals surface area contributed by atoms with E-state index in [4.69, 9.17) is 4.52 Å². The lowest BCUT2D eigenvalue weighted by Crippen LogP contribution is -2.42. The van der Waals surface area contributed by atoms with Gasteiger partial charge in [0.05, 0.1) is 6.54 Å². The summed E-state index contributed by atoms with van der Waals surface area (Å²) < 4.78 is 5.44. The summed E-state index contributed by atoms with van der Waals surface area (Å²) in [6.07, 6.45) is 7.81. The number of nitrogens with one attached hydrogen (secondary N) is 1. The molecule has 1 aliphatic carbocycles. The largest absolute Gasteiger partial charge is 0.338 e. The van der Waals surface area contributed by atoms with Crippen LogP contribution in [-0.2, 0) is 6.54 Å². The van der Waals surface area contributed by atoms with Gasteiger partial charge in [-0.05, 0) is 12.8 Å². The summed E-state index contributed by atoms with van der Waals surface area (Å²) in [4.78, 5) is 7.01. The van der Waals surface area contributed by atoms with E-state index in [1.165, 1.54) is 38.5 Å². The molecular formula is C14H24N4O.